The summed E-state index contributed by atoms with van der Waals surface area (Å²) in [6.45, 7) is 9.94. The van der Waals surface area contributed by atoms with Crippen molar-refractivity contribution in [3.05, 3.63) is 24.0 Å². The number of hydrogen-bond acceptors (Lipinski definition) is 5. The quantitative estimate of drug-likeness (QED) is 0.710. The van der Waals surface area contributed by atoms with Gasteiger partial charge in [-0.2, -0.15) is 4.98 Å². The van der Waals surface area contributed by atoms with E-state index >= 15 is 0 Å². The Bertz CT molecular complexity index is 304. The second-order valence-corrected chi connectivity index (χ2v) is 3.86. The van der Waals surface area contributed by atoms with Crippen LogP contribution in [0.3, 0.4) is 0 Å². The molecule has 0 amide bonds. The second kappa shape index (κ2) is 7.00. The highest BCUT2D eigenvalue weighted by Crippen LogP contribution is 1.95. The molecule has 5 nitrogen and oxygen atoms in total. The third-order valence-electron chi connectivity index (χ3n) is 2.11. The maximum atomic E-state index is 4.65. The Kier molecular flexibility index (Phi) is 5.56. The average molecular weight is 224 g/mol. The first kappa shape index (κ1) is 12.7. The summed E-state index contributed by atoms with van der Waals surface area (Å²) in [7, 11) is 0. The zero-order chi connectivity index (χ0) is 11.8. The summed E-state index contributed by atoms with van der Waals surface area (Å²) >= 11 is 0. The maximum absolute atomic E-state index is 4.65. The van der Waals surface area contributed by atoms with Crippen LogP contribution in [0.4, 0.5) is 0 Å². The summed E-state index contributed by atoms with van der Waals surface area (Å²) < 4.78 is 4.65. The maximum Gasteiger partial charge on any atom is 0.213 e. The van der Waals surface area contributed by atoms with Gasteiger partial charge >= 0.3 is 0 Å². The Morgan fingerprint density at radius 3 is 2.94 bits per heavy atom. The van der Waals surface area contributed by atoms with Gasteiger partial charge in [0.1, 0.15) is 0 Å². The van der Waals surface area contributed by atoms with Gasteiger partial charge in [0.2, 0.25) is 6.39 Å². The van der Waals surface area contributed by atoms with Gasteiger partial charge < -0.3 is 14.7 Å². The number of allylic oxidation sites excluding steroid dienone is 1. The van der Waals surface area contributed by atoms with Gasteiger partial charge in [0.15, 0.2) is 5.82 Å². The SMILES string of the molecule is CCN(C=C(C)C)CCNCc1ncon1. The van der Waals surface area contributed by atoms with Crippen LogP contribution in [-0.4, -0.2) is 34.7 Å². The first-order valence-electron chi connectivity index (χ1n) is 5.57. The van der Waals surface area contributed by atoms with E-state index in [4.69, 9.17) is 0 Å². The fourth-order valence-electron chi connectivity index (χ4n) is 1.37. The van der Waals surface area contributed by atoms with Gasteiger partial charge in [-0.15, -0.1) is 0 Å². The molecule has 1 N–H and O–H groups in total. The number of likely N-dealkylation sites (N-methyl/N-ethyl adjacent to an activating group) is 1. The van der Waals surface area contributed by atoms with Crippen molar-refractivity contribution >= 4 is 0 Å². The largest absolute Gasteiger partial charge is 0.376 e. The molecule has 0 saturated carbocycles. The standard InChI is InChI=1S/C11H20N4O/c1-4-15(8-10(2)3)6-5-12-7-11-13-9-16-14-11/h8-9,12H,4-7H2,1-3H3. The van der Waals surface area contributed by atoms with E-state index in [0.29, 0.717) is 12.4 Å². The molecule has 1 heterocycles. The van der Waals surface area contributed by atoms with Crippen molar-refractivity contribution in [2.75, 3.05) is 19.6 Å². The minimum absolute atomic E-state index is 0.656. The van der Waals surface area contributed by atoms with Gasteiger partial charge in [-0.3, -0.25) is 0 Å². The van der Waals surface area contributed by atoms with Crippen molar-refractivity contribution in [1.29, 1.82) is 0 Å². The Labute approximate surface area is 96.5 Å². The number of hydrogen-bond donors (Lipinski definition) is 1. The molecule has 16 heavy (non-hydrogen) atoms. The zero-order valence-corrected chi connectivity index (χ0v) is 10.2. The fraction of sp³-hybridized carbons (Fsp3) is 0.636. The molecule has 0 atom stereocenters. The molecule has 90 valence electrons. The smallest absolute Gasteiger partial charge is 0.213 e. The fourth-order valence-corrected chi connectivity index (χ4v) is 1.37. The predicted octanol–water partition coefficient (Wildman–Crippen LogP) is 1.40. The van der Waals surface area contributed by atoms with Gasteiger partial charge in [0.25, 0.3) is 0 Å². The first-order chi connectivity index (χ1) is 7.72. The molecule has 0 bridgehead atoms. The van der Waals surface area contributed by atoms with Crippen molar-refractivity contribution in [3.63, 3.8) is 0 Å². The Morgan fingerprint density at radius 2 is 2.38 bits per heavy atom. The highest BCUT2D eigenvalue weighted by Gasteiger charge is 1.99. The van der Waals surface area contributed by atoms with Gasteiger partial charge in [-0.1, -0.05) is 10.7 Å². The summed E-state index contributed by atoms with van der Waals surface area (Å²) in [5, 5.41) is 7.00. The minimum Gasteiger partial charge on any atom is -0.376 e. The molecular weight excluding hydrogens is 204 g/mol. The third kappa shape index (κ3) is 4.93. The van der Waals surface area contributed by atoms with Crippen LogP contribution < -0.4 is 5.32 Å². The molecule has 0 radical (unpaired) electrons. The summed E-state index contributed by atoms with van der Waals surface area (Å²) in [6.07, 6.45) is 3.52. The molecule has 0 aromatic carbocycles. The van der Waals surface area contributed by atoms with E-state index in [2.05, 4.69) is 51.9 Å². The lowest BCUT2D eigenvalue weighted by molar-refractivity contribution is 0.380. The zero-order valence-electron chi connectivity index (χ0n) is 10.2. The molecule has 0 aliphatic heterocycles. The van der Waals surface area contributed by atoms with Gasteiger partial charge in [-0.05, 0) is 27.0 Å². The van der Waals surface area contributed by atoms with E-state index in [1.807, 2.05) is 0 Å². The predicted molar refractivity (Wildman–Crippen MR) is 62.7 cm³/mol. The minimum atomic E-state index is 0.656. The molecule has 0 aliphatic carbocycles. The summed E-state index contributed by atoms with van der Waals surface area (Å²) in [6, 6.07) is 0. The molecular formula is C11H20N4O. The summed E-state index contributed by atoms with van der Waals surface area (Å²) in [5.41, 5.74) is 1.32. The van der Waals surface area contributed by atoms with Crippen LogP contribution in [0.2, 0.25) is 0 Å². The highest BCUT2D eigenvalue weighted by atomic mass is 16.5. The molecule has 0 spiro atoms. The number of aromatic nitrogens is 2. The van der Waals surface area contributed by atoms with E-state index in [0.717, 1.165) is 19.6 Å². The molecule has 0 unspecified atom stereocenters. The van der Waals surface area contributed by atoms with Crippen LogP contribution in [0.1, 0.15) is 26.6 Å². The third-order valence-corrected chi connectivity index (χ3v) is 2.11. The van der Waals surface area contributed by atoms with Crippen LogP contribution in [0, 0.1) is 0 Å². The van der Waals surface area contributed by atoms with Gasteiger partial charge in [0.05, 0.1) is 6.54 Å². The second-order valence-electron chi connectivity index (χ2n) is 3.86. The normalized spacial score (nSPS) is 10.2. The van der Waals surface area contributed by atoms with Crippen LogP contribution in [0.15, 0.2) is 22.7 Å². The van der Waals surface area contributed by atoms with E-state index in [9.17, 15) is 0 Å². The van der Waals surface area contributed by atoms with E-state index < -0.39 is 0 Å². The molecule has 5 heteroatoms. The van der Waals surface area contributed by atoms with Crippen molar-refractivity contribution < 1.29 is 4.52 Å². The average Bonchev–Trinajstić information content (AvgIpc) is 2.74. The number of rotatable bonds is 7. The van der Waals surface area contributed by atoms with Crippen LogP contribution in [0.25, 0.3) is 0 Å². The van der Waals surface area contributed by atoms with Crippen LogP contribution in [-0.2, 0) is 6.54 Å². The van der Waals surface area contributed by atoms with Crippen LogP contribution >= 0.6 is 0 Å². The van der Waals surface area contributed by atoms with Gasteiger partial charge in [0, 0.05) is 19.6 Å². The Hall–Kier alpha value is -1.36. The number of nitrogens with zero attached hydrogens (tertiary/aromatic N) is 3. The van der Waals surface area contributed by atoms with Crippen molar-refractivity contribution in [1.82, 2.24) is 20.4 Å². The van der Waals surface area contributed by atoms with Crippen LogP contribution in [0.5, 0.6) is 0 Å². The van der Waals surface area contributed by atoms with Crippen molar-refractivity contribution in [3.8, 4) is 0 Å². The van der Waals surface area contributed by atoms with Crippen molar-refractivity contribution in [2.45, 2.75) is 27.3 Å². The summed E-state index contributed by atoms with van der Waals surface area (Å²) in [4.78, 5) is 6.21. The molecule has 0 saturated heterocycles. The van der Waals surface area contributed by atoms with E-state index in [1.165, 1.54) is 12.0 Å². The topological polar surface area (TPSA) is 54.2 Å². The Balaban J connectivity index is 2.16. The number of nitrogens with one attached hydrogen (secondary N) is 1. The van der Waals surface area contributed by atoms with E-state index in [-0.39, 0.29) is 0 Å². The monoisotopic (exact) mass is 224 g/mol. The molecule has 1 rings (SSSR count). The molecule has 1 aromatic rings. The van der Waals surface area contributed by atoms with Crippen molar-refractivity contribution in [2.24, 2.45) is 0 Å². The lowest BCUT2D eigenvalue weighted by Gasteiger charge is -2.18. The molecule has 1 aromatic heterocycles. The highest BCUT2D eigenvalue weighted by molar-refractivity contribution is 4.92. The Morgan fingerprint density at radius 1 is 1.56 bits per heavy atom. The first-order valence-corrected chi connectivity index (χ1v) is 5.57. The van der Waals surface area contributed by atoms with E-state index in [1.54, 1.807) is 0 Å². The molecule has 0 aliphatic rings. The molecule has 0 fully saturated rings. The summed E-state index contributed by atoms with van der Waals surface area (Å²) in [5.74, 6) is 0.699. The lowest BCUT2D eigenvalue weighted by Crippen LogP contribution is -2.28. The lowest BCUT2D eigenvalue weighted by atomic mass is 10.3. The van der Waals surface area contributed by atoms with Gasteiger partial charge in [-0.25, -0.2) is 0 Å².